The second-order valence-corrected chi connectivity index (χ2v) is 6.47. The number of benzene rings is 2. The lowest BCUT2D eigenvalue weighted by atomic mass is 10.1. The first-order chi connectivity index (χ1) is 12.4. The van der Waals surface area contributed by atoms with Crippen LogP contribution in [0.3, 0.4) is 0 Å². The number of hydrogen-bond acceptors (Lipinski definition) is 3. The summed E-state index contributed by atoms with van der Waals surface area (Å²) in [4.78, 5) is 24.8. The van der Waals surface area contributed by atoms with E-state index < -0.39 is 6.10 Å². The number of rotatable bonds is 7. The molecular formula is C20H23ClN2O3. The Labute approximate surface area is 158 Å². The third-order valence-electron chi connectivity index (χ3n) is 3.92. The van der Waals surface area contributed by atoms with Gasteiger partial charge in [-0.25, -0.2) is 0 Å². The van der Waals surface area contributed by atoms with Crippen molar-refractivity contribution in [3.05, 3.63) is 59.1 Å². The highest BCUT2D eigenvalue weighted by molar-refractivity contribution is 6.30. The lowest BCUT2D eigenvalue weighted by Crippen LogP contribution is -2.34. The Bertz CT molecular complexity index is 762. The fourth-order valence-corrected chi connectivity index (χ4v) is 2.32. The van der Waals surface area contributed by atoms with E-state index in [0.29, 0.717) is 22.0 Å². The van der Waals surface area contributed by atoms with Crippen molar-refractivity contribution < 1.29 is 14.3 Å². The standard InChI is InChI=1S/C20H23ClN2O3/c1-4-13(2)22-20(25)17-7-5-6-8-18(17)23-19(24)14(3)26-16-11-9-15(21)10-12-16/h5-14H,4H2,1-3H3,(H,22,25)(H,23,24). The zero-order valence-electron chi connectivity index (χ0n) is 15.1. The highest BCUT2D eigenvalue weighted by atomic mass is 35.5. The second-order valence-electron chi connectivity index (χ2n) is 6.03. The smallest absolute Gasteiger partial charge is 0.265 e. The van der Waals surface area contributed by atoms with Crippen LogP contribution in [-0.2, 0) is 4.79 Å². The van der Waals surface area contributed by atoms with E-state index in [1.807, 2.05) is 13.8 Å². The zero-order chi connectivity index (χ0) is 19.1. The van der Waals surface area contributed by atoms with Crippen molar-refractivity contribution in [2.24, 2.45) is 0 Å². The Balaban J connectivity index is 2.06. The lowest BCUT2D eigenvalue weighted by molar-refractivity contribution is -0.122. The van der Waals surface area contributed by atoms with Gasteiger partial charge in [0.2, 0.25) is 0 Å². The van der Waals surface area contributed by atoms with Gasteiger partial charge >= 0.3 is 0 Å². The molecule has 5 nitrogen and oxygen atoms in total. The summed E-state index contributed by atoms with van der Waals surface area (Å²) >= 11 is 5.84. The van der Waals surface area contributed by atoms with Crippen LogP contribution in [0.25, 0.3) is 0 Å². The van der Waals surface area contributed by atoms with Crippen molar-refractivity contribution >= 4 is 29.1 Å². The van der Waals surface area contributed by atoms with E-state index >= 15 is 0 Å². The molecule has 2 atom stereocenters. The first kappa shape index (κ1) is 19.8. The second kappa shape index (κ2) is 9.25. The molecule has 0 aliphatic heterocycles. The van der Waals surface area contributed by atoms with Crippen LogP contribution in [0.4, 0.5) is 5.69 Å². The van der Waals surface area contributed by atoms with E-state index in [4.69, 9.17) is 16.3 Å². The fourth-order valence-electron chi connectivity index (χ4n) is 2.20. The Morgan fingerprint density at radius 1 is 1.08 bits per heavy atom. The SMILES string of the molecule is CCC(C)NC(=O)c1ccccc1NC(=O)C(C)Oc1ccc(Cl)cc1. The number of nitrogens with one attached hydrogen (secondary N) is 2. The Morgan fingerprint density at radius 3 is 2.38 bits per heavy atom. The molecule has 0 saturated carbocycles. The molecule has 0 spiro atoms. The maximum atomic E-state index is 12.4. The lowest BCUT2D eigenvalue weighted by Gasteiger charge is -2.17. The van der Waals surface area contributed by atoms with Crippen molar-refractivity contribution in [1.82, 2.24) is 5.32 Å². The van der Waals surface area contributed by atoms with Crippen LogP contribution in [0.2, 0.25) is 5.02 Å². The maximum Gasteiger partial charge on any atom is 0.265 e. The van der Waals surface area contributed by atoms with Crippen LogP contribution in [0.1, 0.15) is 37.6 Å². The molecule has 0 aliphatic carbocycles. The zero-order valence-corrected chi connectivity index (χ0v) is 15.8. The molecule has 138 valence electrons. The minimum Gasteiger partial charge on any atom is -0.481 e. The summed E-state index contributed by atoms with van der Waals surface area (Å²) < 4.78 is 5.61. The largest absolute Gasteiger partial charge is 0.481 e. The summed E-state index contributed by atoms with van der Waals surface area (Å²) in [6.07, 6.45) is 0.0912. The Hall–Kier alpha value is -2.53. The van der Waals surface area contributed by atoms with Crippen LogP contribution in [0.5, 0.6) is 5.75 Å². The molecule has 0 aliphatic rings. The molecule has 0 bridgehead atoms. The van der Waals surface area contributed by atoms with Crippen LogP contribution in [-0.4, -0.2) is 24.0 Å². The molecule has 2 N–H and O–H groups in total. The number of halogens is 1. The predicted octanol–water partition coefficient (Wildman–Crippen LogP) is 4.27. The maximum absolute atomic E-state index is 12.4. The molecule has 2 amide bonds. The molecule has 0 saturated heterocycles. The number of hydrogen-bond donors (Lipinski definition) is 2. The molecule has 26 heavy (non-hydrogen) atoms. The summed E-state index contributed by atoms with van der Waals surface area (Å²) in [6, 6.07) is 13.7. The van der Waals surface area contributed by atoms with Crippen LogP contribution in [0.15, 0.2) is 48.5 Å². The summed E-state index contributed by atoms with van der Waals surface area (Å²) in [5, 5.41) is 6.26. The van der Waals surface area contributed by atoms with Gasteiger partial charge in [0, 0.05) is 11.1 Å². The number of carbonyl (C=O) groups is 2. The van der Waals surface area contributed by atoms with Gasteiger partial charge in [-0.2, -0.15) is 0 Å². The number of ether oxygens (including phenoxy) is 1. The quantitative estimate of drug-likeness (QED) is 0.760. The number of amides is 2. The molecule has 0 fully saturated rings. The van der Waals surface area contributed by atoms with E-state index in [1.54, 1.807) is 55.5 Å². The first-order valence-corrected chi connectivity index (χ1v) is 8.91. The van der Waals surface area contributed by atoms with Crippen LogP contribution >= 0.6 is 11.6 Å². The van der Waals surface area contributed by atoms with Gasteiger partial charge in [0.1, 0.15) is 5.75 Å². The number of carbonyl (C=O) groups excluding carboxylic acids is 2. The Kier molecular flexibility index (Phi) is 7.04. The Morgan fingerprint density at radius 2 is 1.73 bits per heavy atom. The van der Waals surface area contributed by atoms with Crippen molar-refractivity contribution in [2.45, 2.75) is 39.3 Å². The van der Waals surface area contributed by atoms with Gasteiger partial charge in [0.25, 0.3) is 11.8 Å². The summed E-state index contributed by atoms with van der Waals surface area (Å²) in [5.41, 5.74) is 0.865. The van der Waals surface area contributed by atoms with Crippen molar-refractivity contribution in [1.29, 1.82) is 0 Å². The monoisotopic (exact) mass is 374 g/mol. The molecule has 2 unspecified atom stereocenters. The highest BCUT2D eigenvalue weighted by Gasteiger charge is 2.19. The normalized spacial score (nSPS) is 12.8. The van der Waals surface area contributed by atoms with Gasteiger partial charge in [-0.1, -0.05) is 30.7 Å². The predicted molar refractivity (Wildman–Crippen MR) is 104 cm³/mol. The van der Waals surface area contributed by atoms with Gasteiger partial charge in [-0.05, 0) is 56.7 Å². The molecular weight excluding hydrogens is 352 g/mol. The third kappa shape index (κ3) is 5.49. The van der Waals surface area contributed by atoms with E-state index in [1.165, 1.54) is 0 Å². The van der Waals surface area contributed by atoms with E-state index in [-0.39, 0.29) is 17.9 Å². The van der Waals surface area contributed by atoms with Gasteiger partial charge in [-0.3, -0.25) is 9.59 Å². The van der Waals surface area contributed by atoms with Crippen LogP contribution in [0, 0.1) is 0 Å². The van der Waals surface area contributed by atoms with Crippen molar-refractivity contribution in [3.8, 4) is 5.75 Å². The van der Waals surface area contributed by atoms with E-state index in [0.717, 1.165) is 6.42 Å². The molecule has 0 heterocycles. The molecule has 6 heteroatoms. The average molecular weight is 375 g/mol. The van der Waals surface area contributed by atoms with E-state index in [2.05, 4.69) is 10.6 Å². The minimum atomic E-state index is -0.734. The molecule has 2 aromatic carbocycles. The minimum absolute atomic E-state index is 0.0541. The topological polar surface area (TPSA) is 67.4 Å². The summed E-state index contributed by atoms with van der Waals surface area (Å²) in [6.45, 7) is 5.57. The number of para-hydroxylation sites is 1. The fraction of sp³-hybridized carbons (Fsp3) is 0.300. The molecule has 2 rings (SSSR count). The molecule has 0 aromatic heterocycles. The third-order valence-corrected chi connectivity index (χ3v) is 4.17. The molecule has 0 radical (unpaired) electrons. The highest BCUT2D eigenvalue weighted by Crippen LogP contribution is 2.19. The van der Waals surface area contributed by atoms with Gasteiger partial charge in [0.05, 0.1) is 11.3 Å². The average Bonchev–Trinajstić information content (AvgIpc) is 2.63. The molecule has 2 aromatic rings. The van der Waals surface area contributed by atoms with Crippen LogP contribution < -0.4 is 15.4 Å². The van der Waals surface area contributed by atoms with Crippen molar-refractivity contribution in [2.75, 3.05) is 5.32 Å². The van der Waals surface area contributed by atoms with E-state index in [9.17, 15) is 9.59 Å². The van der Waals surface area contributed by atoms with Gasteiger partial charge in [-0.15, -0.1) is 0 Å². The van der Waals surface area contributed by atoms with Crippen molar-refractivity contribution in [3.63, 3.8) is 0 Å². The summed E-state index contributed by atoms with van der Waals surface area (Å²) in [7, 11) is 0. The summed E-state index contributed by atoms with van der Waals surface area (Å²) in [5.74, 6) is -0.0230. The van der Waals surface area contributed by atoms with Gasteiger partial charge in [0.15, 0.2) is 6.10 Å². The first-order valence-electron chi connectivity index (χ1n) is 8.53. The number of anilines is 1. The van der Waals surface area contributed by atoms with Gasteiger partial charge < -0.3 is 15.4 Å².